The van der Waals surface area contributed by atoms with Crippen LogP contribution in [-0.4, -0.2) is 28.1 Å². The highest BCUT2D eigenvalue weighted by molar-refractivity contribution is 5.76. The number of amides is 1. The molecule has 0 aliphatic heterocycles. The van der Waals surface area contributed by atoms with Crippen molar-refractivity contribution in [2.75, 3.05) is 6.54 Å². The molecule has 1 heterocycles. The maximum atomic E-state index is 12.9. The second-order valence-electron chi connectivity index (χ2n) is 5.22. The molecule has 1 aliphatic rings. The number of rotatable bonds is 5. The van der Waals surface area contributed by atoms with Crippen LogP contribution in [0.15, 0.2) is 18.5 Å². The van der Waals surface area contributed by atoms with Crippen LogP contribution in [0.3, 0.4) is 0 Å². The summed E-state index contributed by atoms with van der Waals surface area (Å²) in [6.07, 6.45) is 6.96. The molecule has 1 saturated carbocycles. The normalized spacial score (nSPS) is 17.4. The van der Waals surface area contributed by atoms with Crippen LogP contribution < -0.4 is 5.32 Å². The molecule has 5 heteroatoms. The summed E-state index contributed by atoms with van der Waals surface area (Å²) in [6, 6.07) is 1.38. The van der Waals surface area contributed by atoms with Gasteiger partial charge in [0, 0.05) is 19.2 Å². The summed E-state index contributed by atoms with van der Waals surface area (Å²) < 4.78 is 12.9. The third-order valence-electron chi connectivity index (χ3n) is 3.55. The van der Waals surface area contributed by atoms with E-state index in [2.05, 4.69) is 10.3 Å². The number of pyridine rings is 1. The predicted molar refractivity (Wildman–Crippen MR) is 68.9 cm³/mol. The largest absolute Gasteiger partial charge is 0.388 e. The first-order valence-electron chi connectivity index (χ1n) is 6.66. The third kappa shape index (κ3) is 4.28. The lowest BCUT2D eigenvalue weighted by atomic mass is 10.0. The molecule has 0 bridgehead atoms. The summed E-state index contributed by atoms with van der Waals surface area (Å²) in [5, 5.41) is 12.8. The van der Waals surface area contributed by atoms with E-state index in [1.54, 1.807) is 6.20 Å². The van der Waals surface area contributed by atoms with Crippen LogP contribution in [0.2, 0.25) is 0 Å². The van der Waals surface area contributed by atoms with E-state index in [0.717, 1.165) is 31.9 Å². The Morgan fingerprint density at radius 3 is 2.84 bits per heavy atom. The second kappa shape index (κ2) is 6.10. The van der Waals surface area contributed by atoms with Crippen LogP contribution >= 0.6 is 0 Å². The van der Waals surface area contributed by atoms with E-state index in [9.17, 15) is 14.3 Å². The van der Waals surface area contributed by atoms with Crippen LogP contribution in [0.4, 0.5) is 4.39 Å². The molecule has 4 nitrogen and oxygen atoms in total. The lowest BCUT2D eigenvalue weighted by Crippen LogP contribution is -2.40. The number of nitrogens with one attached hydrogen (secondary N) is 1. The van der Waals surface area contributed by atoms with Gasteiger partial charge in [0.05, 0.1) is 11.8 Å². The van der Waals surface area contributed by atoms with Gasteiger partial charge in [0.2, 0.25) is 5.91 Å². The van der Waals surface area contributed by atoms with Crippen molar-refractivity contribution in [2.45, 2.75) is 44.1 Å². The van der Waals surface area contributed by atoms with Crippen molar-refractivity contribution < 1.29 is 14.3 Å². The highest BCUT2D eigenvalue weighted by Crippen LogP contribution is 2.28. The highest BCUT2D eigenvalue weighted by atomic mass is 19.1. The average Bonchev–Trinajstić information content (AvgIpc) is 2.82. The predicted octanol–water partition coefficient (Wildman–Crippen LogP) is 1.57. The average molecular weight is 266 g/mol. The minimum absolute atomic E-state index is 0.121. The number of halogens is 1. The number of hydrogen-bond acceptors (Lipinski definition) is 3. The van der Waals surface area contributed by atoms with Crippen LogP contribution in [0.25, 0.3) is 0 Å². The Balaban J connectivity index is 1.73. The molecule has 0 spiro atoms. The molecule has 0 unspecified atom stereocenters. The van der Waals surface area contributed by atoms with E-state index in [1.165, 1.54) is 6.07 Å². The maximum Gasteiger partial charge on any atom is 0.220 e. The van der Waals surface area contributed by atoms with Gasteiger partial charge in [-0.3, -0.25) is 9.78 Å². The Bertz CT molecular complexity index is 445. The molecule has 1 fully saturated rings. The van der Waals surface area contributed by atoms with Gasteiger partial charge in [0.25, 0.3) is 0 Å². The monoisotopic (exact) mass is 266 g/mol. The van der Waals surface area contributed by atoms with Crippen molar-refractivity contribution >= 4 is 5.91 Å². The Labute approximate surface area is 112 Å². The van der Waals surface area contributed by atoms with Gasteiger partial charge in [-0.1, -0.05) is 12.8 Å². The molecule has 104 valence electrons. The van der Waals surface area contributed by atoms with Gasteiger partial charge in [-0.15, -0.1) is 0 Å². The Morgan fingerprint density at radius 1 is 1.42 bits per heavy atom. The minimum atomic E-state index is -0.726. The summed E-state index contributed by atoms with van der Waals surface area (Å²) >= 11 is 0. The third-order valence-corrected chi connectivity index (χ3v) is 3.55. The maximum absolute atomic E-state index is 12.9. The first kappa shape index (κ1) is 13.9. The van der Waals surface area contributed by atoms with Crippen LogP contribution in [0.1, 0.15) is 37.7 Å². The molecule has 1 amide bonds. The number of aryl methyl sites for hydroxylation is 1. The van der Waals surface area contributed by atoms with E-state index in [0.29, 0.717) is 18.5 Å². The first-order valence-corrected chi connectivity index (χ1v) is 6.66. The molecule has 0 saturated heterocycles. The molecule has 0 aromatic carbocycles. The number of aromatic nitrogens is 1. The van der Waals surface area contributed by atoms with Gasteiger partial charge >= 0.3 is 0 Å². The van der Waals surface area contributed by atoms with Crippen LogP contribution in [0.5, 0.6) is 0 Å². The fraction of sp³-hybridized carbons (Fsp3) is 0.571. The van der Waals surface area contributed by atoms with Gasteiger partial charge in [-0.25, -0.2) is 4.39 Å². The zero-order chi connectivity index (χ0) is 13.7. The van der Waals surface area contributed by atoms with Gasteiger partial charge in [0.15, 0.2) is 0 Å². The Morgan fingerprint density at radius 2 is 2.16 bits per heavy atom. The summed E-state index contributed by atoms with van der Waals surface area (Å²) in [5.41, 5.74) is -0.0227. The SMILES string of the molecule is O=C(CCc1cncc(F)c1)NCC1(O)CCCC1. The Kier molecular flexibility index (Phi) is 4.47. The topological polar surface area (TPSA) is 62.2 Å². The Hall–Kier alpha value is -1.49. The molecule has 2 N–H and O–H groups in total. The lowest BCUT2D eigenvalue weighted by Gasteiger charge is -2.22. The van der Waals surface area contributed by atoms with Crippen molar-refractivity contribution in [2.24, 2.45) is 0 Å². The summed E-state index contributed by atoms with van der Waals surface area (Å²) in [7, 11) is 0. The molecule has 1 aliphatic carbocycles. The number of hydrogen-bond donors (Lipinski definition) is 2. The van der Waals surface area contributed by atoms with E-state index in [4.69, 9.17) is 0 Å². The summed E-state index contributed by atoms with van der Waals surface area (Å²) in [6.45, 7) is 0.313. The zero-order valence-electron chi connectivity index (χ0n) is 10.9. The number of carbonyl (C=O) groups is 1. The molecular formula is C14H19FN2O2. The van der Waals surface area contributed by atoms with E-state index < -0.39 is 11.4 Å². The zero-order valence-corrected chi connectivity index (χ0v) is 10.9. The standard InChI is InChI=1S/C14H19FN2O2/c15-12-7-11(8-16-9-12)3-4-13(18)17-10-14(19)5-1-2-6-14/h7-9,19H,1-6,10H2,(H,17,18). The molecule has 0 radical (unpaired) electrons. The number of aliphatic hydroxyl groups is 1. The molecular weight excluding hydrogens is 247 g/mol. The molecule has 1 aromatic rings. The van der Waals surface area contributed by atoms with Crippen molar-refractivity contribution in [3.8, 4) is 0 Å². The summed E-state index contributed by atoms with van der Waals surface area (Å²) in [5.74, 6) is -0.511. The smallest absolute Gasteiger partial charge is 0.220 e. The van der Waals surface area contributed by atoms with Gasteiger partial charge < -0.3 is 10.4 Å². The lowest BCUT2D eigenvalue weighted by molar-refractivity contribution is -0.122. The summed E-state index contributed by atoms with van der Waals surface area (Å²) in [4.78, 5) is 15.4. The van der Waals surface area contributed by atoms with E-state index in [1.807, 2.05) is 0 Å². The number of nitrogens with zero attached hydrogens (tertiary/aromatic N) is 1. The first-order chi connectivity index (χ1) is 9.07. The molecule has 2 rings (SSSR count). The van der Waals surface area contributed by atoms with Crippen LogP contribution in [0, 0.1) is 5.82 Å². The fourth-order valence-electron chi connectivity index (χ4n) is 2.41. The van der Waals surface area contributed by atoms with Gasteiger partial charge in [-0.05, 0) is 30.9 Å². The molecule has 0 atom stereocenters. The minimum Gasteiger partial charge on any atom is -0.388 e. The van der Waals surface area contributed by atoms with Crippen molar-refractivity contribution in [3.05, 3.63) is 29.8 Å². The quantitative estimate of drug-likeness (QED) is 0.850. The number of carbonyl (C=O) groups excluding carboxylic acids is 1. The molecule has 19 heavy (non-hydrogen) atoms. The second-order valence-corrected chi connectivity index (χ2v) is 5.22. The van der Waals surface area contributed by atoms with E-state index >= 15 is 0 Å². The van der Waals surface area contributed by atoms with Crippen molar-refractivity contribution in [3.63, 3.8) is 0 Å². The van der Waals surface area contributed by atoms with E-state index in [-0.39, 0.29) is 12.3 Å². The highest BCUT2D eigenvalue weighted by Gasteiger charge is 2.31. The van der Waals surface area contributed by atoms with Crippen LogP contribution in [-0.2, 0) is 11.2 Å². The van der Waals surface area contributed by atoms with Gasteiger partial charge in [-0.2, -0.15) is 0 Å². The van der Waals surface area contributed by atoms with Gasteiger partial charge in [0.1, 0.15) is 5.82 Å². The molecule has 1 aromatic heterocycles. The van der Waals surface area contributed by atoms with Crippen molar-refractivity contribution in [1.82, 2.24) is 10.3 Å². The fourth-order valence-corrected chi connectivity index (χ4v) is 2.41. The van der Waals surface area contributed by atoms with Crippen molar-refractivity contribution in [1.29, 1.82) is 0 Å².